The predicted octanol–water partition coefficient (Wildman–Crippen LogP) is 2.59. The zero-order chi connectivity index (χ0) is 18.3. The van der Waals surface area contributed by atoms with Gasteiger partial charge in [-0.1, -0.05) is 30.3 Å². The molecule has 0 aliphatic rings. The molecule has 0 aliphatic carbocycles. The van der Waals surface area contributed by atoms with Crippen molar-refractivity contribution in [1.29, 1.82) is 0 Å². The first-order chi connectivity index (χ1) is 11.8. The zero-order valence-electron chi connectivity index (χ0n) is 14.6. The van der Waals surface area contributed by atoms with Crippen molar-refractivity contribution in [3.8, 4) is 0 Å². The first kappa shape index (κ1) is 18.5. The Labute approximate surface area is 146 Å². The van der Waals surface area contributed by atoms with Crippen LogP contribution in [0.2, 0.25) is 0 Å². The zero-order valence-corrected chi connectivity index (χ0v) is 14.6. The molecule has 2 aromatic rings. The molecular formula is C18H23N3O4. The number of nitrogens with zero attached hydrogens (tertiary/aromatic N) is 1. The van der Waals surface area contributed by atoms with Crippen LogP contribution in [0.1, 0.15) is 32.0 Å². The van der Waals surface area contributed by atoms with E-state index >= 15 is 0 Å². The average Bonchev–Trinajstić information content (AvgIpc) is 3.04. The van der Waals surface area contributed by atoms with Gasteiger partial charge in [0.1, 0.15) is 18.2 Å². The number of ether oxygens (including phenoxy) is 2. The summed E-state index contributed by atoms with van der Waals surface area (Å²) in [6.45, 7) is 5.40. The maximum atomic E-state index is 12.4. The number of carbonyl (C=O) groups is 2. The lowest BCUT2D eigenvalue weighted by Crippen LogP contribution is -2.45. The number of nitrogens with one attached hydrogen (secondary N) is 2. The van der Waals surface area contributed by atoms with Crippen LogP contribution >= 0.6 is 0 Å². The topological polar surface area (TPSA) is 93.3 Å². The van der Waals surface area contributed by atoms with Gasteiger partial charge in [-0.3, -0.25) is 0 Å². The van der Waals surface area contributed by atoms with Crippen molar-refractivity contribution in [2.24, 2.45) is 0 Å². The Kier molecular flexibility index (Phi) is 6.16. The molecule has 0 saturated heterocycles. The van der Waals surface area contributed by atoms with Gasteiger partial charge < -0.3 is 19.8 Å². The number of carbonyl (C=O) groups excluding carboxylic acids is 2. The third-order valence-electron chi connectivity index (χ3n) is 3.18. The maximum Gasteiger partial charge on any atom is 0.408 e. The summed E-state index contributed by atoms with van der Waals surface area (Å²) >= 11 is 0. The normalized spacial score (nSPS) is 12.3. The highest BCUT2D eigenvalue weighted by Crippen LogP contribution is 2.09. The van der Waals surface area contributed by atoms with E-state index in [9.17, 15) is 9.59 Å². The molecular weight excluding hydrogens is 322 g/mol. The van der Waals surface area contributed by atoms with Gasteiger partial charge >= 0.3 is 12.1 Å². The summed E-state index contributed by atoms with van der Waals surface area (Å²) in [6, 6.07) is 8.46. The van der Waals surface area contributed by atoms with Crippen LogP contribution in [0.3, 0.4) is 0 Å². The molecule has 2 N–H and O–H groups in total. The van der Waals surface area contributed by atoms with E-state index in [1.165, 1.54) is 6.33 Å². The molecule has 0 saturated carbocycles. The SMILES string of the molecule is CC(C)(C)OC(=O)NC(Cc1cnc[nH]1)C(=O)OCc1ccccc1. The van der Waals surface area contributed by atoms with Crippen molar-refractivity contribution >= 4 is 12.1 Å². The molecule has 0 aliphatic heterocycles. The molecule has 25 heavy (non-hydrogen) atoms. The van der Waals surface area contributed by atoms with Crippen LogP contribution in [0, 0.1) is 0 Å². The fourth-order valence-corrected chi connectivity index (χ4v) is 2.09. The number of imidazole rings is 1. The molecule has 7 nitrogen and oxygen atoms in total. The maximum absolute atomic E-state index is 12.4. The van der Waals surface area contributed by atoms with Gasteiger partial charge in [-0.15, -0.1) is 0 Å². The minimum absolute atomic E-state index is 0.134. The molecule has 0 fully saturated rings. The van der Waals surface area contributed by atoms with Crippen molar-refractivity contribution in [3.05, 3.63) is 54.1 Å². The van der Waals surface area contributed by atoms with Gasteiger partial charge in [0.05, 0.1) is 6.33 Å². The second kappa shape index (κ2) is 8.32. The fourth-order valence-electron chi connectivity index (χ4n) is 2.09. The Balaban J connectivity index is 1.99. The minimum Gasteiger partial charge on any atom is -0.459 e. The number of aromatic nitrogens is 2. The molecule has 1 amide bonds. The number of amides is 1. The second-order valence-electron chi connectivity index (χ2n) is 6.57. The smallest absolute Gasteiger partial charge is 0.408 e. The van der Waals surface area contributed by atoms with Crippen LogP contribution in [-0.4, -0.2) is 33.7 Å². The number of esters is 1. The number of rotatable bonds is 6. The monoisotopic (exact) mass is 345 g/mol. The Morgan fingerprint density at radius 1 is 1.24 bits per heavy atom. The largest absolute Gasteiger partial charge is 0.459 e. The van der Waals surface area contributed by atoms with E-state index in [1.54, 1.807) is 27.0 Å². The lowest BCUT2D eigenvalue weighted by Gasteiger charge is -2.22. The summed E-state index contributed by atoms with van der Waals surface area (Å²) < 4.78 is 10.5. The first-order valence-electron chi connectivity index (χ1n) is 8.01. The molecule has 0 spiro atoms. The molecule has 1 heterocycles. The molecule has 7 heteroatoms. The molecule has 1 aromatic heterocycles. The molecule has 0 radical (unpaired) electrons. The standard InChI is InChI=1S/C18H23N3O4/c1-18(2,3)25-17(23)21-15(9-14-10-19-12-20-14)16(22)24-11-13-7-5-4-6-8-13/h4-8,10,12,15H,9,11H2,1-3H3,(H,19,20)(H,21,23). The molecule has 1 aromatic carbocycles. The fraction of sp³-hybridized carbons (Fsp3) is 0.389. The Bertz CT molecular complexity index is 678. The number of hydrogen-bond donors (Lipinski definition) is 2. The molecule has 1 atom stereocenters. The molecule has 1 unspecified atom stereocenters. The van der Waals surface area contributed by atoms with Crippen LogP contribution < -0.4 is 5.32 Å². The highest BCUT2D eigenvalue weighted by atomic mass is 16.6. The Hall–Kier alpha value is -2.83. The van der Waals surface area contributed by atoms with E-state index in [-0.39, 0.29) is 13.0 Å². The van der Waals surface area contributed by atoms with Gasteiger partial charge in [-0.25, -0.2) is 14.6 Å². The quantitative estimate of drug-likeness (QED) is 0.785. The molecule has 134 valence electrons. The van der Waals surface area contributed by atoms with Gasteiger partial charge in [0.2, 0.25) is 0 Å². The van der Waals surface area contributed by atoms with Crippen molar-refractivity contribution in [1.82, 2.24) is 15.3 Å². The van der Waals surface area contributed by atoms with Crippen molar-refractivity contribution in [3.63, 3.8) is 0 Å². The summed E-state index contributed by atoms with van der Waals surface area (Å²) in [4.78, 5) is 31.2. The van der Waals surface area contributed by atoms with Crippen LogP contribution in [0.25, 0.3) is 0 Å². The lowest BCUT2D eigenvalue weighted by atomic mass is 10.1. The highest BCUT2D eigenvalue weighted by Gasteiger charge is 2.26. The van der Waals surface area contributed by atoms with Gasteiger partial charge in [0.15, 0.2) is 0 Å². The Morgan fingerprint density at radius 3 is 2.56 bits per heavy atom. The Morgan fingerprint density at radius 2 is 1.96 bits per heavy atom. The van der Waals surface area contributed by atoms with E-state index in [4.69, 9.17) is 9.47 Å². The van der Waals surface area contributed by atoms with Crippen LogP contribution in [-0.2, 0) is 27.3 Å². The van der Waals surface area contributed by atoms with Gasteiger partial charge in [-0.05, 0) is 26.3 Å². The third kappa shape index (κ3) is 6.66. The van der Waals surface area contributed by atoms with E-state index in [0.717, 1.165) is 5.56 Å². The van der Waals surface area contributed by atoms with Gasteiger partial charge in [0.25, 0.3) is 0 Å². The van der Waals surface area contributed by atoms with E-state index in [2.05, 4.69) is 15.3 Å². The molecule has 0 bridgehead atoms. The molecule has 2 rings (SSSR count). The highest BCUT2D eigenvalue weighted by molar-refractivity contribution is 5.81. The first-order valence-corrected chi connectivity index (χ1v) is 8.01. The lowest BCUT2D eigenvalue weighted by molar-refractivity contribution is -0.147. The minimum atomic E-state index is -0.876. The van der Waals surface area contributed by atoms with Gasteiger partial charge in [0, 0.05) is 18.3 Å². The predicted molar refractivity (Wildman–Crippen MR) is 91.7 cm³/mol. The summed E-state index contributed by atoms with van der Waals surface area (Å²) in [7, 11) is 0. The number of hydrogen-bond acceptors (Lipinski definition) is 5. The van der Waals surface area contributed by atoms with Gasteiger partial charge in [-0.2, -0.15) is 0 Å². The average molecular weight is 345 g/mol. The third-order valence-corrected chi connectivity index (χ3v) is 3.18. The second-order valence-corrected chi connectivity index (χ2v) is 6.57. The number of alkyl carbamates (subject to hydrolysis) is 1. The van der Waals surface area contributed by atoms with E-state index in [1.807, 2.05) is 30.3 Å². The van der Waals surface area contributed by atoms with Crippen LogP contribution in [0.5, 0.6) is 0 Å². The van der Waals surface area contributed by atoms with Crippen LogP contribution in [0.4, 0.5) is 4.79 Å². The number of H-pyrrole nitrogens is 1. The number of aromatic amines is 1. The van der Waals surface area contributed by atoms with Crippen LogP contribution in [0.15, 0.2) is 42.9 Å². The number of benzene rings is 1. The van der Waals surface area contributed by atoms with Crippen molar-refractivity contribution in [2.75, 3.05) is 0 Å². The summed E-state index contributed by atoms with van der Waals surface area (Å²) in [5.74, 6) is -0.538. The summed E-state index contributed by atoms with van der Waals surface area (Å²) in [5.41, 5.74) is 0.919. The van der Waals surface area contributed by atoms with Crippen molar-refractivity contribution < 1.29 is 19.1 Å². The summed E-state index contributed by atoms with van der Waals surface area (Å²) in [5, 5.41) is 2.56. The van der Waals surface area contributed by atoms with E-state index in [0.29, 0.717) is 5.69 Å². The summed E-state index contributed by atoms with van der Waals surface area (Å²) in [6.07, 6.45) is 2.66. The van der Waals surface area contributed by atoms with E-state index < -0.39 is 23.7 Å². The van der Waals surface area contributed by atoms with Crippen molar-refractivity contribution in [2.45, 2.75) is 45.4 Å².